The fraction of sp³-hybridized carbons (Fsp3) is 0.400. The van der Waals surface area contributed by atoms with Crippen LogP contribution in [0.2, 0.25) is 13.1 Å². The summed E-state index contributed by atoms with van der Waals surface area (Å²) in [5.41, 5.74) is 11.4. The summed E-state index contributed by atoms with van der Waals surface area (Å²) in [7, 11) is 11.0. The molecule has 0 aliphatic heterocycles. The van der Waals surface area contributed by atoms with E-state index < -0.39 is 20.8 Å². The molecule has 0 unspecified atom stereocenters. The number of rotatable bonds is 6. The van der Waals surface area contributed by atoms with E-state index in [1.807, 2.05) is 0 Å². The predicted molar refractivity (Wildman–Crippen MR) is 239 cm³/mol. The molecule has 2 radical (unpaired) electrons. The van der Waals surface area contributed by atoms with E-state index in [0.717, 1.165) is 33.7 Å². The second-order valence-electron chi connectivity index (χ2n) is 15.9. The SMILES string of the molecule is CC1CCC(c2cc3c(-c4ccc(C(C)C)cc4)cccc3[cH-]2)CC1.CCc1cc2c(-c3ccc(C4CCCCC4)cc3)cccc2[cH-]1.C[Si]C.[Cl][Zr+2][Cl]. The average molecular weight is 851 g/mol. The van der Waals surface area contributed by atoms with Crippen molar-refractivity contribution in [3.8, 4) is 22.3 Å². The van der Waals surface area contributed by atoms with E-state index in [9.17, 15) is 0 Å². The summed E-state index contributed by atoms with van der Waals surface area (Å²) in [4.78, 5) is 0. The van der Waals surface area contributed by atoms with E-state index in [1.54, 1.807) is 5.56 Å². The van der Waals surface area contributed by atoms with E-state index >= 15 is 0 Å². The Kier molecular flexibility index (Phi) is 17.4. The van der Waals surface area contributed by atoms with Gasteiger partial charge in [0.25, 0.3) is 0 Å². The standard InChI is InChI=1S/C25H29.C23H25.C2H6Si.2ClH.Zr/c1-17(2)19-11-13-21(14-12-19)24-6-4-5-22-15-23(16-25(22)24)20-9-7-18(3)8-10-20;1-2-17-15-21-9-6-10-22(23(21)16-17)20-13-11-19(12-14-20)18-7-4-3-5-8-18;1-3-2;;;/h4-6,11-18,20H,7-10H2,1-3H3;6,9-16,18H,2-5,7-8H2,1H3;1-2H3;2*1H;/q2*-1;;;;+4/p-2. The van der Waals surface area contributed by atoms with Gasteiger partial charge in [-0.15, -0.1) is 69.1 Å². The molecule has 2 saturated carbocycles. The van der Waals surface area contributed by atoms with Crippen molar-refractivity contribution in [3.05, 3.63) is 131 Å². The van der Waals surface area contributed by atoms with E-state index in [1.165, 1.54) is 118 Å². The molecule has 282 valence electrons. The van der Waals surface area contributed by atoms with Gasteiger partial charge in [0.05, 0.1) is 0 Å². The Balaban J connectivity index is 0.000000182. The first-order valence-electron chi connectivity index (χ1n) is 20.4. The van der Waals surface area contributed by atoms with Crippen molar-refractivity contribution in [2.75, 3.05) is 0 Å². The van der Waals surface area contributed by atoms with E-state index in [4.69, 9.17) is 17.0 Å². The Hall–Kier alpha value is -2.22. The normalized spacial score (nSPS) is 17.1. The molecule has 0 amide bonds. The average Bonchev–Trinajstić information content (AvgIpc) is 3.84. The van der Waals surface area contributed by atoms with Gasteiger partial charge in [-0.2, -0.15) is 12.1 Å². The topological polar surface area (TPSA) is 0 Å². The Morgan fingerprint density at radius 1 is 0.667 bits per heavy atom. The van der Waals surface area contributed by atoms with Gasteiger partial charge < -0.3 is 0 Å². The van der Waals surface area contributed by atoms with Crippen LogP contribution in [0.1, 0.15) is 125 Å². The molecule has 2 aliphatic carbocycles. The van der Waals surface area contributed by atoms with Gasteiger partial charge in [0.2, 0.25) is 0 Å². The van der Waals surface area contributed by atoms with Crippen molar-refractivity contribution < 1.29 is 20.8 Å². The summed E-state index contributed by atoms with van der Waals surface area (Å²) in [5.74, 6) is 3.05. The molecule has 0 nitrogen and oxygen atoms in total. The van der Waals surface area contributed by atoms with Crippen LogP contribution in [-0.4, -0.2) is 9.52 Å². The van der Waals surface area contributed by atoms with Crippen LogP contribution in [0.3, 0.4) is 0 Å². The Morgan fingerprint density at radius 3 is 1.72 bits per heavy atom. The van der Waals surface area contributed by atoms with Crippen LogP contribution in [0.25, 0.3) is 43.8 Å². The first-order chi connectivity index (χ1) is 26.3. The summed E-state index contributed by atoms with van der Waals surface area (Å²) in [6, 6.07) is 41.6. The third-order valence-corrected chi connectivity index (χ3v) is 11.7. The predicted octanol–water partition coefficient (Wildman–Crippen LogP) is 16.6. The summed E-state index contributed by atoms with van der Waals surface area (Å²) in [5, 5.41) is 5.60. The molecule has 0 heterocycles. The number of hydrogen-bond acceptors (Lipinski definition) is 0. The number of hydrogen-bond donors (Lipinski definition) is 0. The maximum atomic E-state index is 4.93. The van der Waals surface area contributed by atoms with Crippen LogP contribution >= 0.6 is 17.0 Å². The number of aryl methyl sites for hydroxylation is 1. The molecule has 8 rings (SSSR count). The fourth-order valence-corrected chi connectivity index (χ4v) is 8.51. The van der Waals surface area contributed by atoms with Crippen LogP contribution < -0.4 is 0 Å². The fourth-order valence-electron chi connectivity index (χ4n) is 8.51. The Morgan fingerprint density at radius 2 is 1.19 bits per heavy atom. The molecule has 4 heteroatoms. The van der Waals surface area contributed by atoms with Crippen molar-refractivity contribution in [1.29, 1.82) is 0 Å². The zero-order valence-corrected chi connectivity index (χ0v) is 38.5. The number of halogens is 2. The molecular formula is C50H60Cl2SiZr. The monoisotopic (exact) mass is 848 g/mol. The molecule has 0 bridgehead atoms. The molecule has 0 N–H and O–H groups in total. The van der Waals surface area contributed by atoms with Gasteiger partial charge >= 0.3 is 37.9 Å². The first kappa shape index (κ1) is 42.9. The van der Waals surface area contributed by atoms with Gasteiger partial charge in [-0.05, 0) is 78.0 Å². The number of fused-ring (bicyclic) bond motifs is 2. The molecule has 0 saturated heterocycles. The van der Waals surface area contributed by atoms with E-state index in [-0.39, 0.29) is 0 Å². The quantitative estimate of drug-likeness (QED) is 0.116. The molecular weight excluding hydrogens is 791 g/mol. The first-order valence-corrected chi connectivity index (χ1v) is 28.8. The minimum absolute atomic E-state index is 0.587. The van der Waals surface area contributed by atoms with Crippen molar-refractivity contribution in [3.63, 3.8) is 0 Å². The molecule has 0 atom stereocenters. The summed E-state index contributed by atoms with van der Waals surface area (Å²) in [6.45, 7) is 13.4. The molecule has 6 aromatic carbocycles. The molecule has 0 spiro atoms. The summed E-state index contributed by atoms with van der Waals surface area (Å²) in [6.07, 6.45) is 13.6. The maximum absolute atomic E-state index is 4.93. The minimum atomic E-state index is -0.826. The van der Waals surface area contributed by atoms with Crippen LogP contribution in [0.4, 0.5) is 0 Å². The zero-order valence-electron chi connectivity index (χ0n) is 33.5. The van der Waals surface area contributed by atoms with Gasteiger partial charge in [-0.1, -0.05) is 145 Å². The zero-order chi connectivity index (χ0) is 38.5. The van der Waals surface area contributed by atoms with E-state index in [2.05, 4.69) is 150 Å². The van der Waals surface area contributed by atoms with Crippen molar-refractivity contribution in [1.82, 2.24) is 0 Å². The van der Waals surface area contributed by atoms with Crippen LogP contribution in [0.15, 0.2) is 109 Å². The van der Waals surface area contributed by atoms with Gasteiger partial charge in [-0.3, -0.25) is 0 Å². The van der Waals surface area contributed by atoms with Gasteiger partial charge in [0.15, 0.2) is 0 Å². The van der Waals surface area contributed by atoms with Crippen molar-refractivity contribution >= 4 is 48.1 Å². The summed E-state index contributed by atoms with van der Waals surface area (Å²) < 4.78 is 0. The molecule has 2 fully saturated rings. The van der Waals surface area contributed by atoms with Gasteiger partial charge in [-0.25, -0.2) is 0 Å². The second-order valence-corrected chi connectivity index (χ2v) is 20.6. The van der Waals surface area contributed by atoms with Crippen LogP contribution in [0.5, 0.6) is 0 Å². The van der Waals surface area contributed by atoms with Crippen molar-refractivity contribution in [2.24, 2.45) is 5.92 Å². The Labute approximate surface area is 348 Å². The van der Waals surface area contributed by atoms with Crippen LogP contribution in [-0.2, 0) is 27.3 Å². The van der Waals surface area contributed by atoms with Gasteiger partial charge in [0, 0.05) is 9.52 Å². The number of benzene rings is 4. The second kappa shape index (κ2) is 21.9. The third-order valence-electron chi connectivity index (χ3n) is 11.7. The molecule has 0 aromatic heterocycles. The third kappa shape index (κ3) is 11.4. The Bertz CT molecular complexity index is 1970. The van der Waals surface area contributed by atoms with Gasteiger partial charge in [0.1, 0.15) is 0 Å². The molecule has 54 heavy (non-hydrogen) atoms. The van der Waals surface area contributed by atoms with E-state index in [0.29, 0.717) is 5.92 Å². The van der Waals surface area contributed by atoms with Crippen molar-refractivity contribution in [2.45, 2.75) is 123 Å². The molecule has 2 aliphatic rings. The molecule has 6 aromatic rings. The summed E-state index contributed by atoms with van der Waals surface area (Å²) >= 11 is -0.826. The van der Waals surface area contributed by atoms with Crippen LogP contribution in [0, 0.1) is 5.92 Å².